The molecule has 1 heterocycles. The molecule has 0 fully saturated rings. The Morgan fingerprint density at radius 3 is 1.52 bits per heavy atom. The third-order valence-corrected chi connectivity index (χ3v) is 3.91. The molecule has 25 heavy (non-hydrogen) atoms. The summed E-state index contributed by atoms with van der Waals surface area (Å²) >= 11 is 0. The predicted octanol–water partition coefficient (Wildman–Crippen LogP) is 2.23. The lowest BCUT2D eigenvalue weighted by Crippen LogP contribution is -3.00. The van der Waals surface area contributed by atoms with E-state index >= 15 is 0 Å². The van der Waals surface area contributed by atoms with Crippen LogP contribution in [0.1, 0.15) is 5.56 Å². The Morgan fingerprint density at radius 1 is 0.600 bits per heavy atom. The zero-order chi connectivity index (χ0) is 15.5. The SMILES string of the molecule is N.[Cl-].c1ccc(C2=NN=N[N+]2(c2ccccc2)c2ccccc2)cc1. The maximum atomic E-state index is 4.52. The lowest BCUT2D eigenvalue weighted by atomic mass is 10.1. The maximum Gasteiger partial charge on any atom is 0.294 e. The molecule has 0 amide bonds. The van der Waals surface area contributed by atoms with E-state index in [1.54, 1.807) is 0 Å². The molecule has 0 bridgehead atoms. The number of quaternary nitrogens is 1. The van der Waals surface area contributed by atoms with Crippen molar-refractivity contribution in [1.29, 1.82) is 0 Å². The molecule has 3 aromatic rings. The van der Waals surface area contributed by atoms with Crippen LogP contribution in [-0.4, -0.2) is 5.84 Å². The Hall–Kier alpha value is -2.86. The summed E-state index contributed by atoms with van der Waals surface area (Å²) in [5.74, 6) is 0.794. The first kappa shape index (κ1) is 18.5. The quantitative estimate of drug-likeness (QED) is 0.722. The van der Waals surface area contributed by atoms with Crippen LogP contribution in [0.2, 0.25) is 0 Å². The van der Waals surface area contributed by atoms with Gasteiger partial charge in [0.1, 0.15) is 0 Å². The Labute approximate surface area is 152 Å². The van der Waals surface area contributed by atoms with E-state index < -0.39 is 0 Å². The van der Waals surface area contributed by atoms with Crippen LogP contribution in [-0.2, 0) is 0 Å². The largest absolute Gasteiger partial charge is 1.00 e. The van der Waals surface area contributed by atoms with Gasteiger partial charge in [-0.25, -0.2) is 0 Å². The number of rotatable bonds is 3. The zero-order valence-corrected chi connectivity index (χ0v) is 14.3. The van der Waals surface area contributed by atoms with Crippen molar-refractivity contribution in [2.24, 2.45) is 15.5 Å². The fourth-order valence-corrected chi connectivity index (χ4v) is 2.85. The predicted molar refractivity (Wildman–Crippen MR) is 97.2 cm³/mol. The fraction of sp³-hybridized carbons (Fsp3) is 0. The molecule has 3 N–H and O–H groups in total. The van der Waals surface area contributed by atoms with Gasteiger partial charge in [-0.1, -0.05) is 64.3 Å². The van der Waals surface area contributed by atoms with E-state index in [1.807, 2.05) is 66.7 Å². The van der Waals surface area contributed by atoms with Crippen LogP contribution in [0.5, 0.6) is 0 Å². The third-order valence-electron chi connectivity index (χ3n) is 3.91. The van der Waals surface area contributed by atoms with Gasteiger partial charge >= 0.3 is 0 Å². The van der Waals surface area contributed by atoms with Gasteiger partial charge in [0.15, 0.2) is 11.4 Å². The third kappa shape index (κ3) is 3.08. The molecule has 0 aliphatic carbocycles. The second-order valence-electron chi connectivity index (χ2n) is 5.28. The van der Waals surface area contributed by atoms with Gasteiger partial charge in [-0.05, 0) is 12.1 Å². The van der Waals surface area contributed by atoms with Crippen molar-refractivity contribution in [3.05, 3.63) is 96.6 Å². The van der Waals surface area contributed by atoms with Crippen LogP contribution in [0, 0.1) is 0 Å². The van der Waals surface area contributed by atoms with Crippen LogP contribution in [0.15, 0.2) is 107 Å². The number of hydrogen-bond donors (Lipinski definition) is 1. The van der Waals surface area contributed by atoms with Crippen molar-refractivity contribution in [2.45, 2.75) is 0 Å². The number of nitrogens with zero attached hydrogens (tertiary/aromatic N) is 4. The summed E-state index contributed by atoms with van der Waals surface area (Å²) in [6.45, 7) is 0. The van der Waals surface area contributed by atoms with Crippen molar-refractivity contribution in [2.75, 3.05) is 0 Å². The molecule has 6 heteroatoms. The highest BCUT2D eigenvalue weighted by Gasteiger charge is 2.45. The molecule has 4 rings (SSSR count). The van der Waals surface area contributed by atoms with E-state index in [2.05, 4.69) is 39.8 Å². The molecular weight excluding hydrogens is 334 g/mol. The summed E-state index contributed by atoms with van der Waals surface area (Å²) < 4.78 is 0.145. The molecule has 0 spiro atoms. The van der Waals surface area contributed by atoms with Crippen molar-refractivity contribution in [1.82, 2.24) is 10.7 Å². The van der Waals surface area contributed by atoms with Crippen LogP contribution in [0.3, 0.4) is 0 Å². The first-order valence-electron chi connectivity index (χ1n) is 7.48. The van der Waals surface area contributed by atoms with E-state index in [0.717, 1.165) is 22.8 Å². The van der Waals surface area contributed by atoms with Crippen LogP contribution in [0.4, 0.5) is 11.4 Å². The monoisotopic (exact) mass is 351 g/mol. The summed E-state index contributed by atoms with van der Waals surface area (Å²) in [5, 5.41) is 12.9. The Morgan fingerprint density at radius 2 is 1.04 bits per heavy atom. The van der Waals surface area contributed by atoms with Gasteiger partial charge in [-0.2, -0.15) is 0 Å². The minimum absolute atomic E-state index is 0. The minimum atomic E-state index is 0. The Bertz CT molecular complexity index is 825. The molecule has 126 valence electrons. The lowest BCUT2D eigenvalue weighted by molar-refractivity contribution is -0.00000499. The van der Waals surface area contributed by atoms with E-state index in [1.165, 1.54) is 0 Å². The summed E-state index contributed by atoms with van der Waals surface area (Å²) in [4.78, 5) is 0. The highest BCUT2D eigenvalue weighted by Crippen LogP contribution is 2.40. The van der Waals surface area contributed by atoms with Gasteiger partial charge in [0.05, 0.1) is 10.8 Å². The smallest absolute Gasteiger partial charge is 0.294 e. The minimum Gasteiger partial charge on any atom is -1.00 e. The molecule has 0 unspecified atom stereocenters. The molecule has 3 aromatic carbocycles. The first-order chi connectivity index (χ1) is 11.4. The first-order valence-corrected chi connectivity index (χ1v) is 7.48. The summed E-state index contributed by atoms with van der Waals surface area (Å²) in [6, 6.07) is 30.3. The zero-order valence-electron chi connectivity index (χ0n) is 13.5. The van der Waals surface area contributed by atoms with E-state index in [4.69, 9.17) is 0 Å². The molecule has 5 nitrogen and oxygen atoms in total. The van der Waals surface area contributed by atoms with Gasteiger partial charge < -0.3 is 18.6 Å². The summed E-state index contributed by atoms with van der Waals surface area (Å²) in [7, 11) is 0. The van der Waals surface area contributed by atoms with Gasteiger partial charge in [-0.3, -0.25) is 0 Å². The van der Waals surface area contributed by atoms with Gasteiger partial charge in [0.2, 0.25) is 0 Å². The second-order valence-corrected chi connectivity index (χ2v) is 5.28. The maximum absolute atomic E-state index is 4.52. The van der Waals surface area contributed by atoms with Gasteiger partial charge in [0.25, 0.3) is 5.84 Å². The molecule has 0 radical (unpaired) electrons. The molecule has 1 aliphatic heterocycles. The van der Waals surface area contributed by atoms with Gasteiger partial charge in [0, 0.05) is 29.5 Å². The molecule has 0 saturated heterocycles. The van der Waals surface area contributed by atoms with Crippen LogP contribution < -0.4 is 23.1 Å². The average molecular weight is 352 g/mol. The number of para-hydroxylation sites is 2. The van der Waals surface area contributed by atoms with E-state index in [-0.39, 0.29) is 23.1 Å². The number of halogens is 1. The van der Waals surface area contributed by atoms with E-state index in [0.29, 0.717) is 0 Å². The molecule has 1 aliphatic rings. The van der Waals surface area contributed by atoms with Crippen molar-refractivity contribution in [3.63, 3.8) is 0 Å². The topological polar surface area (TPSA) is 72.1 Å². The average Bonchev–Trinajstić information content (AvgIpc) is 3.10. The summed E-state index contributed by atoms with van der Waals surface area (Å²) in [6.07, 6.45) is 0. The van der Waals surface area contributed by atoms with Crippen molar-refractivity contribution >= 4 is 17.2 Å². The highest BCUT2D eigenvalue weighted by atomic mass is 35.5. The van der Waals surface area contributed by atoms with Crippen molar-refractivity contribution < 1.29 is 12.4 Å². The second kappa shape index (κ2) is 7.81. The van der Waals surface area contributed by atoms with Gasteiger partial charge in [-0.15, -0.1) is 0 Å². The van der Waals surface area contributed by atoms with Crippen LogP contribution >= 0.6 is 0 Å². The molecule has 0 atom stereocenters. The van der Waals surface area contributed by atoms with Crippen LogP contribution in [0.25, 0.3) is 0 Å². The Kier molecular flexibility index (Phi) is 5.77. The number of amidine groups is 1. The lowest BCUT2D eigenvalue weighted by Gasteiger charge is -2.26. The Balaban J connectivity index is 0.00000113. The standard InChI is InChI=1S/C19H15N4.ClH.H3N/c1-4-10-16(11-5-1)19-20-21-22-23(19,17-12-6-2-7-13-17)18-14-8-3-9-15-18;;/h1-15H;1H;1H3/q+1;;/p-1. The fourth-order valence-electron chi connectivity index (χ4n) is 2.85. The molecule has 0 aromatic heterocycles. The summed E-state index contributed by atoms with van der Waals surface area (Å²) in [5.41, 5.74) is 3.01. The molecule has 0 saturated carbocycles. The number of hydrogen-bond acceptors (Lipinski definition) is 4. The van der Waals surface area contributed by atoms with Crippen molar-refractivity contribution in [3.8, 4) is 0 Å². The molecular formula is C19H18ClN5. The normalized spacial score (nSPS) is 14.2. The van der Waals surface area contributed by atoms with E-state index in [9.17, 15) is 0 Å². The number of benzene rings is 3. The highest BCUT2D eigenvalue weighted by molar-refractivity contribution is 6.09.